The number of aliphatic hydroxyl groups excluding tert-OH is 1. The Labute approximate surface area is 122 Å². The van der Waals surface area contributed by atoms with Crippen molar-refractivity contribution in [3.8, 4) is 5.88 Å². The van der Waals surface area contributed by atoms with Crippen LogP contribution in [0.3, 0.4) is 0 Å². The highest BCUT2D eigenvalue weighted by atomic mass is 16.5. The Balaban J connectivity index is 1.79. The number of pyridine rings is 1. The molecule has 6 nitrogen and oxygen atoms in total. The Morgan fingerprint density at radius 2 is 2.00 bits per heavy atom. The lowest BCUT2D eigenvalue weighted by molar-refractivity contribution is 0.155. The van der Waals surface area contributed by atoms with Crippen molar-refractivity contribution in [2.45, 2.75) is 6.61 Å². The Hall–Kier alpha value is -2.60. The normalized spacial score (nSPS) is 9.95. The molecule has 0 aliphatic rings. The van der Waals surface area contributed by atoms with Crippen molar-refractivity contribution in [2.75, 3.05) is 18.5 Å². The molecule has 2 rings (SSSR count). The van der Waals surface area contributed by atoms with Crippen LogP contribution in [0.25, 0.3) is 0 Å². The minimum Gasteiger partial charge on any atom is -0.475 e. The number of aliphatic hydroxyl groups is 1. The zero-order valence-electron chi connectivity index (χ0n) is 11.4. The van der Waals surface area contributed by atoms with E-state index < -0.39 is 6.09 Å². The van der Waals surface area contributed by atoms with E-state index in [1.54, 1.807) is 12.1 Å². The highest BCUT2D eigenvalue weighted by molar-refractivity contribution is 5.84. The van der Waals surface area contributed by atoms with Crippen LogP contribution in [0.4, 0.5) is 10.5 Å². The molecule has 0 fully saturated rings. The Morgan fingerprint density at radius 1 is 1.19 bits per heavy atom. The summed E-state index contributed by atoms with van der Waals surface area (Å²) in [4.78, 5) is 15.6. The number of nitrogens with zero attached hydrogens (tertiary/aromatic N) is 1. The summed E-state index contributed by atoms with van der Waals surface area (Å²) in [7, 11) is 0. The quantitative estimate of drug-likeness (QED) is 0.851. The third-order valence-corrected chi connectivity index (χ3v) is 2.54. The number of aromatic nitrogens is 1. The van der Waals surface area contributed by atoms with Gasteiger partial charge in [0.05, 0.1) is 18.5 Å². The maximum absolute atomic E-state index is 11.6. The third-order valence-electron chi connectivity index (χ3n) is 2.54. The lowest BCUT2D eigenvalue weighted by Gasteiger charge is -2.07. The molecule has 0 bridgehead atoms. The van der Waals surface area contributed by atoms with E-state index in [1.165, 1.54) is 6.20 Å². The molecule has 0 unspecified atom stereocenters. The van der Waals surface area contributed by atoms with Gasteiger partial charge in [-0.15, -0.1) is 0 Å². The van der Waals surface area contributed by atoms with Gasteiger partial charge in [0.15, 0.2) is 0 Å². The van der Waals surface area contributed by atoms with Crippen molar-refractivity contribution in [1.29, 1.82) is 0 Å². The number of carbonyl (C=O) groups is 1. The van der Waals surface area contributed by atoms with E-state index in [1.807, 2.05) is 30.3 Å². The van der Waals surface area contributed by atoms with Gasteiger partial charge in [0.2, 0.25) is 5.88 Å². The van der Waals surface area contributed by atoms with Crippen LogP contribution in [-0.2, 0) is 11.3 Å². The van der Waals surface area contributed by atoms with Crippen molar-refractivity contribution >= 4 is 11.8 Å². The summed E-state index contributed by atoms with van der Waals surface area (Å²) in [6, 6.07) is 12.7. The highest BCUT2D eigenvalue weighted by Gasteiger charge is 2.04. The van der Waals surface area contributed by atoms with Gasteiger partial charge >= 0.3 is 6.09 Å². The van der Waals surface area contributed by atoms with Crippen molar-refractivity contribution < 1.29 is 19.4 Å². The van der Waals surface area contributed by atoms with Gasteiger partial charge in [0.1, 0.15) is 13.2 Å². The summed E-state index contributed by atoms with van der Waals surface area (Å²) in [6.45, 7) is 0.310. The Morgan fingerprint density at radius 3 is 2.67 bits per heavy atom. The summed E-state index contributed by atoms with van der Waals surface area (Å²) in [5.41, 5.74) is 1.42. The highest BCUT2D eigenvalue weighted by Crippen LogP contribution is 2.12. The van der Waals surface area contributed by atoms with E-state index in [4.69, 9.17) is 14.6 Å². The first kappa shape index (κ1) is 14.8. The third kappa shape index (κ3) is 5.12. The summed E-state index contributed by atoms with van der Waals surface area (Å²) >= 11 is 0. The summed E-state index contributed by atoms with van der Waals surface area (Å²) in [5.74, 6) is 0.382. The Bertz CT molecular complexity index is 558. The van der Waals surface area contributed by atoms with Crippen LogP contribution in [-0.4, -0.2) is 29.4 Å². The fourth-order valence-corrected chi connectivity index (χ4v) is 1.57. The van der Waals surface area contributed by atoms with E-state index in [0.29, 0.717) is 11.6 Å². The minimum absolute atomic E-state index is 0.0759. The van der Waals surface area contributed by atoms with E-state index in [-0.39, 0.29) is 19.8 Å². The molecule has 1 heterocycles. The lowest BCUT2D eigenvalue weighted by Crippen LogP contribution is -2.13. The van der Waals surface area contributed by atoms with Crippen molar-refractivity contribution in [3.05, 3.63) is 54.2 Å². The first-order chi connectivity index (χ1) is 10.3. The molecule has 0 saturated heterocycles. The SMILES string of the molecule is O=C(Nc1ccc(OCCO)nc1)OCc1ccccc1. The van der Waals surface area contributed by atoms with Crippen molar-refractivity contribution in [3.63, 3.8) is 0 Å². The smallest absolute Gasteiger partial charge is 0.412 e. The van der Waals surface area contributed by atoms with E-state index >= 15 is 0 Å². The van der Waals surface area contributed by atoms with Crippen LogP contribution in [0.5, 0.6) is 5.88 Å². The number of anilines is 1. The first-order valence-corrected chi connectivity index (χ1v) is 6.45. The second-order valence-corrected chi connectivity index (χ2v) is 4.14. The molecule has 1 aromatic carbocycles. The number of rotatable bonds is 6. The number of hydrogen-bond acceptors (Lipinski definition) is 5. The average Bonchev–Trinajstić information content (AvgIpc) is 2.53. The van der Waals surface area contributed by atoms with Gasteiger partial charge < -0.3 is 14.6 Å². The second kappa shape index (κ2) is 7.86. The minimum atomic E-state index is -0.551. The van der Waals surface area contributed by atoms with Gasteiger partial charge in [0, 0.05) is 6.07 Å². The molecule has 6 heteroatoms. The topological polar surface area (TPSA) is 80.7 Å². The van der Waals surface area contributed by atoms with Crippen LogP contribution < -0.4 is 10.1 Å². The Kier molecular flexibility index (Phi) is 5.54. The largest absolute Gasteiger partial charge is 0.475 e. The monoisotopic (exact) mass is 288 g/mol. The lowest BCUT2D eigenvalue weighted by atomic mass is 10.2. The van der Waals surface area contributed by atoms with E-state index in [0.717, 1.165) is 5.56 Å². The van der Waals surface area contributed by atoms with Crippen LogP contribution in [0.15, 0.2) is 48.7 Å². The molecule has 1 amide bonds. The van der Waals surface area contributed by atoms with Gasteiger partial charge in [-0.2, -0.15) is 0 Å². The van der Waals surface area contributed by atoms with Crippen molar-refractivity contribution in [1.82, 2.24) is 4.98 Å². The summed E-state index contributed by atoms with van der Waals surface area (Å²) in [6.07, 6.45) is 0.904. The molecule has 0 spiro atoms. The predicted octanol–water partition coefficient (Wildman–Crippen LogP) is 2.20. The second-order valence-electron chi connectivity index (χ2n) is 4.14. The first-order valence-electron chi connectivity index (χ1n) is 6.45. The van der Waals surface area contributed by atoms with Crippen LogP contribution in [0.1, 0.15) is 5.56 Å². The van der Waals surface area contributed by atoms with Crippen LogP contribution in [0, 0.1) is 0 Å². The fraction of sp³-hybridized carbons (Fsp3) is 0.200. The van der Waals surface area contributed by atoms with Gasteiger partial charge in [-0.3, -0.25) is 5.32 Å². The number of carbonyl (C=O) groups excluding carboxylic acids is 1. The standard InChI is InChI=1S/C15H16N2O4/c18-8-9-20-14-7-6-13(10-16-14)17-15(19)21-11-12-4-2-1-3-5-12/h1-7,10,18H,8-9,11H2,(H,17,19). The molecule has 2 aromatic rings. The number of benzene rings is 1. The maximum atomic E-state index is 11.6. The molecule has 0 radical (unpaired) electrons. The van der Waals surface area contributed by atoms with Crippen LogP contribution in [0.2, 0.25) is 0 Å². The maximum Gasteiger partial charge on any atom is 0.412 e. The molecule has 0 aliphatic carbocycles. The number of nitrogens with one attached hydrogen (secondary N) is 1. The zero-order chi connectivity index (χ0) is 14.9. The number of ether oxygens (including phenoxy) is 2. The molecule has 0 atom stereocenters. The zero-order valence-corrected chi connectivity index (χ0v) is 11.4. The number of amides is 1. The molecule has 1 aromatic heterocycles. The summed E-state index contributed by atoms with van der Waals surface area (Å²) in [5, 5.41) is 11.2. The molecular weight excluding hydrogens is 272 g/mol. The number of hydrogen-bond donors (Lipinski definition) is 2. The van der Waals surface area contributed by atoms with Crippen molar-refractivity contribution in [2.24, 2.45) is 0 Å². The molecule has 110 valence electrons. The molecule has 21 heavy (non-hydrogen) atoms. The van der Waals surface area contributed by atoms with Gasteiger partial charge in [0.25, 0.3) is 0 Å². The molecular formula is C15H16N2O4. The fourth-order valence-electron chi connectivity index (χ4n) is 1.57. The average molecular weight is 288 g/mol. The summed E-state index contributed by atoms with van der Waals surface area (Å²) < 4.78 is 10.2. The van der Waals surface area contributed by atoms with Gasteiger partial charge in [-0.1, -0.05) is 30.3 Å². The van der Waals surface area contributed by atoms with Gasteiger partial charge in [-0.25, -0.2) is 9.78 Å². The predicted molar refractivity (Wildman–Crippen MR) is 77.1 cm³/mol. The molecule has 2 N–H and O–H groups in total. The van der Waals surface area contributed by atoms with Crippen LogP contribution >= 0.6 is 0 Å². The van der Waals surface area contributed by atoms with E-state index in [9.17, 15) is 4.79 Å². The molecule has 0 saturated carbocycles. The van der Waals surface area contributed by atoms with E-state index in [2.05, 4.69) is 10.3 Å². The molecule has 0 aliphatic heterocycles. The van der Waals surface area contributed by atoms with Gasteiger partial charge in [-0.05, 0) is 11.6 Å².